The average molecular weight is 275 g/mol. The van der Waals surface area contributed by atoms with Crippen molar-refractivity contribution in [3.8, 4) is 0 Å². The highest BCUT2D eigenvalue weighted by Crippen LogP contribution is 2.34. The molecular formula is C14H17N3O3. The van der Waals surface area contributed by atoms with E-state index in [1.807, 2.05) is 13.8 Å². The minimum atomic E-state index is -0.435. The highest BCUT2D eigenvalue weighted by Gasteiger charge is 2.24. The van der Waals surface area contributed by atoms with Crippen molar-refractivity contribution in [1.29, 1.82) is 0 Å². The Bertz CT molecular complexity index is 641. The zero-order valence-corrected chi connectivity index (χ0v) is 11.5. The summed E-state index contributed by atoms with van der Waals surface area (Å²) in [6.45, 7) is 3.80. The maximum absolute atomic E-state index is 11.4. The van der Waals surface area contributed by atoms with E-state index in [9.17, 15) is 10.1 Å². The summed E-state index contributed by atoms with van der Waals surface area (Å²) in [6, 6.07) is 6.77. The smallest absolute Gasteiger partial charge is 0.301 e. The lowest BCUT2D eigenvalue weighted by molar-refractivity contribution is -0.382. The second kappa shape index (κ2) is 5.42. The van der Waals surface area contributed by atoms with Crippen molar-refractivity contribution in [3.63, 3.8) is 0 Å². The average Bonchev–Trinajstić information content (AvgIpc) is 2.37. The number of hydrogen-bond acceptors (Lipinski definition) is 5. The van der Waals surface area contributed by atoms with Gasteiger partial charge in [-0.25, -0.2) is 0 Å². The molecule has 0 aliphatic heterocycles. The van der Waals surface area contributed by atoms with Gasteiger partial charge in [-0.2, -0.15) is 0 Å². The predicted octanol–water partition coefficient (Wildman–Crippen LogP) is 2.72. The summed E-state index contributed by atoms with van der Waals surface area (Å²) in [5.74, 6) is 0. The van der Waals surface area contributed by atoms with Gasteiger partial charge >= 0.3 is 5.69 Å². The molecule has 20 heavy (non-hydrogen) atoms. The summed E-state index contributed by atoms with van der Waals surface area (Å²) in [5, 5.41) is 24.0. The van der Waals surface area contributed by atoms with Crippen LogP contribution in [0.25, 0.3) is 10.9 Å². The van der Waals surface area contributed by atoms with E-state index in [0.29, 0.717) is 23.0 Å². The molecule has 0 unspecified atom stereocenters. The third-order valence-electron chi connectivity index (χ3n) is 3.15. The Hall–Kier alpha value is -2.21. The number of nitrogens with zero attached hydrogens (tertiary/aromatic N) is 2. The number of aliphatic hydroxyl groups is 1. The zero-order chi connectivity index (χ0) is 14.8. The monoisotopic (exact) mass is 275 g/mol. The molecule has 2 rings (SSSR count). The first-order valence-corrected chi connectivity index (χ1v) is 6.36. The zero-order valence-electron chi connectivity index (χ0n) is 11.5. The van der Waals surface area contributed by atoms with Crippen LogP contribution in [0.2, 0.25) is 0 Å². The van der Waals surface area contributed by atoms with Crippen molar-refractivity contribution >= 4 is 22.3 Å². The van der Waals surface area contributed by atoms with Crippen LogP contribution in [0.5, 0.6) is 0 Å². The molecule has 6 nitrogen and oxygen atoms in total. The van der Waals surface area contributed by atoms with Crippen LogP contribution in [0, 0.1) is 10.1 Å². The number of nitro benzene ring substituents is 1. The Balaban J connectivity index is 2.53. The normalized spacial score (nSPS) is 11.6. The van der Waals surface area contributed by atoms with Crippen molar-refractivity contribution in [2.75, 3.05) is 11.9 Å². The standard InChI is InChI=1S/C14H17N3O3/c1-14(2,7-9-18)16-12-6-5-11-10(4-3-8-15-11)13(12)17(19)20/h3-6,8,16,18H,7,9H2,1-2H3. The molecule has 6 heteroatoms. The summed E-state index contributed by atoms with van der Waals surface area (Å²) in [5.41, 5.74) is 0.607. The fraction of sp³-hybridized carbons (Fsp3) is 0.357. The topological polar surface area (TPSA) is 88.3 Å². The molecule has 2 aromatic rings. The quantitative estimate of drug-likeness (QED) is 0.647. The molecule has 0 aliphatic carbocycles. The summed E-state index contributed by atoms with van der Waals surface area (Å²) in [7, 11) is 0. The van der Waals surface area contributed by atoms with E-state index in [-0.39, 0.29) is 12.3 Å². The second-order valence-electron chi connectivity index (χ2n) is 5.27. The molecule has 0 spiro atoms. The number of nitrogens with one attached hydrogen (secondary N) is 1. The van der Waals surface area contributed by atoms with Gasteiger partial charge < -0.3 is 10.4 Å². The molecule has 1 aromatic heterocycles. The second-order valence-corrected chi connectivity index (χ2v) is 5.27. The Kier molecular flexibility index (Phi) is 3.85. The van der Waals surface area contributed by atoms with Crippen molar-refractivity contribution in [2.45, 2.75) is 25.8 Å². The number of benzene rings is 1. The van der Waals surface area contributed by atoms with Gasteiger partial charge in [0.25, 0.3) is 0 Å². The molecular weight excluding hydrogens is 258 g/mol. The molecule has 0 fully saturated rings. The lowest BCUT2D eigenvalue weighted by atomic mass is 10.00. The molecule has 0 bridgehead atoms. The Morgan fingerprint density at radius 3 is 2.80 bits per heavy atom. The van der Waals surface area contributed by atoms with Gasteiger partial charge in [-0.15, -0.1) is 0 Å². The number of anilines is 1. The van der Waals surface area contributed by atoms with Crippen molar-refractivity contribution in [1.82, 2.24) is 4.98 Å². The molecule has 0 aliphatic rings. The third kappa shape index (κ3) is 2.85. The van der Waals surface area contributed by atoms with E-state index >= 15 is 0 Å². The molecule has 0 saturated heterocycles. The van der Waals surface area contributed by atoms with E-state index < -0.39 is 10.5 Å². The van der Waals surface area contributed by atoms with Gasteiger partial charge in [0.05, 0.1) is 15.8 Å². The number of pyridine rings is 1. The number of fused-ring (bicyclic) bond motifs is 1. The Morgan fingerprint density at radius 1 is 1.40 bits per heavy atom. The molecule has 106 valence electrons. The molecule has 0 radical (unpaired) electrons. The summed E-state index contributed by atoms with van der Waals surface area (Å²) < 4.78 is 0. The highest BCUT2D eigenvalue weighted by molar-refractivity contribution is 5.94. The lowest BCUT2D eigenvalue weighted by Crippen LogP contribution is -2.32. The van der Waals surface area contributed by atoms with Crippen LogP contribution in [0.3, 0.4) is 0 Å². The fourth-order valence-corrected chi connectivity index (χ4v) is 2.14. The first-order valence-electron chi connectivity index (χ1n) is 6.36. The van der Waals surface area contributed by atoms with Crippen LogP contribution >= 0.6 is 0 Å². The summed E-state index contributed by atoms with van der Waals surface area (Å²) >= 11 is 0. The van der Waals surface area contributed by atoms with Gasteiger partial charge in [-0.1, -0.05) is 0 Å². The lowest BCUT2D eigenvalue weighted by Gasteiger charge is -2.26. The maximum Gasteiger partial charge on any atom is 0.301 e. The van der Waals surface area contributed by atoms with Crippen molar-refractivity contribution < 1.29 is 10.0 Å². The van der Waals surface area contributed by atoms with E-state index in [1.54, 1.807) is 30.5 Å². The minimum Gasteiger partial charge on any atom is -0.396 e. The van der Waals surface area contributed by atoms with Gasteiger partial charge in [0.2, 0.25) is 0 Å². The van der Waals surface area contributed by atoms with E-state index in [2.05, 4.69) is 10.3 Å². The Morgan fingerprint density at radius 2 is 2.15 bits per heavy atom. The van der Waals surface area contributed by atoms with Gasteiger partial charge in [0.15, 0.2) is 0 Å². The van der Waals surface area contributed by atoms with Crippen molar-refractivity contribution in [3.05, 3.63) is 40.6 Å². The molecule has 2 N–H and O–H groups in total. The van der Waals surface area contributed by atoms with Gasteiger partial charge in [0.1, 0.15) is 5.69 Å². The van der Waals surface area contributed by atoms with E-state index in [4.69, 9.17) is 5.11 Å². The molecule has 0 amide bonds. The SMILES string of the molecule is CC(C)(CCO)Nc1ccc2ncccc2c1[N+](=O)[O-]. The first-order chi connectivity index (χ1) is 9.44. The number of aromatic nitrogens is 1. The van der Waals surface area contributed by atoms with E-state index in [1.165, 1.54) is 0 Å². The fourth-order valence-electron chi connectivity index (χ4n) is 2.14. The predicted molar refractivity (Wildman–Crippen MR) is 77.8 cm³/mol. The summed E-state index contributed by atoms with van der Waals surface area (Å²) in [6.07, 6.45) is 2.10. The van der Waals surface area contributed by atoms with Crippen LogP contribution < -0.4 is 5.32 Å². The summed E-state index contributed by atoms with van der Waals surface area (Å²) in [4.78, 5) is 15.1. The van der Waals surface area contributed by atoms with Gasteiger partial charge in [-0.05, 0) is 44.5 Å². The van der Waals surface area contributed by atoms with Gasteiger partial charge in [-0.3, -0.25) is 15.1 Å². The molecule has 1 aromatic carbocycles. The number of hydrogen-bond donors (Lipinski definition) is 2. The molecule has 0 saturated carbocycles. The largest absolute Gasteiger partial charge is 0.396 e. The number of nitro groups is 1. The Labute approximate surface area is 116 Å². The van der Waals surface area contributed by atoms with Crippen LogP contribution in [0.1, 0.15) is 20.3 Å². The number of aliphatic hydroxyl groups excluding tert-OH is 1. The molecule has 0 atom stereocenters. The number of rotatable bonds is 5. The van der Waals surface area contributed by atoms with Crippen LogP contribution in [0.4, 0.5) is 11.4 Å². The minimum absolute atomic E-state index is 0.0154. The third-order valence-corrected chi connectivity index (χ3v) is 3.15. The van der Waals surface area contributed by atoms with Crippen molar-refractivity contribution in [2.24, 2.45) is 0 Å². The van der Waals surface area contributed by atoms with Crippen LogP contribution in [-0.2, 0) is 0 Å². The highest BCUT2D eigenvalue weighted by atomic mass is 16.6. The van der Waals surface area contributed by atoms with E-state index in [0.717, 1.165) is 0 Å². The van der Waals surface area contributed by atoms with Gasteiger partial charge in [0, 0.05) is 18.3 Å². The van der Waals surface area contributed by atoms with Crippen LogP contribution in [0.15, 0.2) is 30.5 Å². The molecule has 1 heterocycles. The first kappa shape index (κ1) is 14.2. The maximum atomic E-state index is 11.4. The van der Waals surface area contributed by atoms with Crippen LogP contribution in [-0.4, -0.2) is 27.2 Å².